The number of aromatic amines is 1. The number of H-pyrrole nitrogens is 1. The number of nitrogens with one attached hydrogen (secondary N) is 2. The van der Waals surface area contributed by atoms with Gasteiger partial charge in [-0.15, -0.1) is 0 Å². The molecule has 3 N–H and O–H groups in total. The second-order valence-electron chi connectivity index (χ2n) is 7.54. The summed E-state index contributed by atoms with van der Waals surface area (Å²) < 4.78 is 4.96. The molecular formula is C20H22N4O4. The number of benzene rings is 1. The number of aromatic nitrogens is 3. The maximum absolute atomic E-state index is 12.4. The third-order valence-corrected chi connectivity index (χ3v) is 4.24. The zero-order chi connectivity index (χ0) is 20.5. The second-order valence-corrected chi connectivity index (χ2v) is 7.54. The van der Waals surface area contributed by atoms with Gasteiger partial charge in [-0.25, -0.2) is 4.98 Å². The molecule has 3 aromatic rings. The first kappa shape index (κ1) is 19.3. The lowest BCUT2D eigenvalue weighted by molar-refractivity contribution is 0.0950. The number of carbonyl (C=O) groups excluding carboxylic acids is 1. The average molecular weight is 382 g/mol. The SMILES string of the molecule is Cc1cc(-c2nc(CNC(=O)c3ccc(C(C)(C)C)cc3)[nH]c(=O)c2O)no1. The summed E-state index contributed by atoms with van der Waals surface area (Å²) in [5.74, 6) is -0.140. The fourth-order valence-corrected chi connectivity index (χ4v) is 2.64. The lowest BCUT2D eigenvalue weighted by atomic mass is 9.87. The van der Waals surface area contributed by atoms with Gasteiger partial charge in [-0.1, -0.05) is 38.1 Å². The smallest absolute Gasteiger partial charge is 0.293 e. The Balaban J connectivity index is 1.76. The van der Waals surface area contributed by atoms with Crippen LogP contribution in [0.5, 0.6) is 5.75 Å². The highest BCUT2D eigenvalue weighted by molar-refractivity contribution is 5.94. The molecule has 0 aliphatic heterocycles. The van der Waals surface area contributed by atoms with Crippen LogP contribution in [0, 0.1) is 6.92 Å². The van der Waals surface area contributed by atoms with Crippen LogP contribution in [-0.4, -0.2) is 26.1 Å². The number of rotatable bonds is 4. The standard InChI is InChI=1S/C20H22N4O4/c1-11-9-14(24-28-11)16-17(25)19(27)23-15(22-16)10-21-18(26)12-5-7-13(8-6-12)20(2,3)4/h5-9,25H,10H2,1-4H3,(H,21,26)(H,22,23,27). The number of hydrogen-bond acceptors (Lipinski definition) is 6. The maximum Gasteiger partial charge on any atom is 0.293 e. The molecule has 0 fully saturated rings. The predicted octanol–water partition coefficient (Wildman–Crippen LogP) is 2.67. The summed E-state index contributed by atoms with van der Waals surface area (Å²) in [4.78, 5) is 31.0. The summed E-state index contributed by atoms with van der Waals surface area (Å²) >= 11 is 0. The number of aromatic hydroxyl groups is 1. The number of nitrogens with zero attached hydrogens (tertiary/aromatic N) is 2. The van der Waals surface area contributed by atoms with E-state index in [0.29, 0.717) is 11.3 Å². The quantitative estimate of drug-likeness (QED) is 0.638. The molecule has 0 radical (unpaired) electrons. The monoisotopic (exact) mass is 382 g/mol. The molecule has 28 heavy (non-hydrogen) atoms. The van der Waals surface area contributed by atoms with E-state index in [0.717, 1.165) is 5.56 Å². The molecule has 0 aliphatic rings. The Morgan fingerprint density at radius 1 is 1.25 bits per heavy atom. The Kier molecular flexibility index (Phi) is 5.04. The van der Waals surface area contributed by atoms with Crippen molar-refractivity contribution in [3.8, 4) is 17.1 Å². The maximum atomic E-state index is 12.4. The van der Waals surface area contributed by atoms with Crippen molar-refractivity contribution in [1.82, 2.24) is 20.4 Å². The highest BCUT2D eigenvalue weighted by Crippen LogP contribution is 2.23. The highest BCUT2D eigenvalue weighted by atomic mass is 16.5. The second kappa shape index (κ2) is 7.30. The van der Waals surface area contributed by atoms with Gasteiger partial charge in [0.1, 0.15) is 23.0 Å². The van der Waals surface area contributed by atoms with Crippen molar-refractivity contribution in [2.45, 2.75) is 39.7 Å². The predicted molar refractivity (Wildman–Crippen MR) is 103 cm³/mol. The van der Waals surface area contributed by atoms with Crippen LogP contribution in [0.15, 0.2) is 39.6 Å². The van der Waals surface area contributed by atoms with Gasteiger partial charge in [0, 0.05) is 11.6 Å². The van der Waals surface area contributed by atoms with Gasteiger partial charge in [0.15, 0.2) is 0 Å². The van der Waals surface area contributed by atoms with Gasteiger partial charge < -0.3 is 19.9 Å². The molecule has 146 valence electrons. The zero-order valence-electron chi connectivity index (χ0n) is 16.2. The molecule has 0 atom stereocenters. The molecule has 8 nitrogen and oxygen atoms in total. The third kappa shape index (κ3) is 4.11. The summed E-state index contributed by atoms with van der Waals surface area (Å²) in [6, 6.07) is 8.90. The lowest BCUT2D eigenvalue weighted by Crippen LogP contribution is -2.26. The summed E-state index contributed by atoms with van der Waals surface area (Å²) in [6.45, 7) is 7.97. The van der Waals surface area contributed by atoms with Crippen molar-refractivity contribution >= 4 is 5.91 Å². The Morgan fingerprint density at radius 3 is 2.50 bits per heavy atom. The Morgan fingerprint density at radius 2 is 1.93 bits per heavy atom. The minimum absolute atomic E-state index is 0.000326. The van der Waals surface area contributed by atoms with Crippen molar-refractivity contribution < 1.29 is 14.4 Å². The van der Waals surface area contributed by atoms with Crippen molar-refractivity contribution in [1.29, 1.82) is 0 Å². The van der Waals surface area contributed by atoms with E-state index in [1.54, 1.807) is 25.1 Å². The van der Waals surface area contributed by atoms with Gasteiger partial charge in [0.25, 0.3) is 11.5 Å². The molecule has 0 spiro atoms. The largest absolute Gasteiger partial charge is 0.501 e. The van der Waals surface area contributed by atoms with E-state index >= 15 is 0 Å². The van der Waals surface area contributed by atoms with Crippen molar-refractivity contribution in [2.75, 3.05) is 0 Å². The first-order valence-corrected chi connectivity index (χ1v) is 8.80. The number of hydrogen-bond donors (Lipinski definition) is 3. The van der Waals surface area contributed by atoms with Crippen LogP contribution in [0.2, 0.25) is 0 Å². The summed E-state index contributed by atoms with van der Waals surface area (Å²) in [7, 11) is 0. The van der Waals surface area contributed by atoms with Gasteiger partial charge in [0.05, 0.1) is 6.54 Å². The molecule has 2 heterocycles. The summed E-state index contributed by atoms with van der Waals surface area (Å²) in [6.07, 6.45) is 0. The van der Waals surface area contributed by atoms with Crippen LogP contribution < -0.4 is 10.9 Å². The third-order valence-electron chi connectivity index (χ3n) is 4.24. The van der Waals surface area contributed by atoms with Gasteiger partial charge in [-0.3, -0.25) is 9.59 Å². The topological polar surface area (TPSA) is 121 Å². The molecule has 2 aromatic heterocycles. The van der Waals surface area contributed by atoms with E-state index in [9.17, 15) is 14.7 Å². The van der Waals surface area contributed by atoms with Gasteiger partial charge >= 0.3 is 0 Å². The Hall–Kier alpha value is -3.42. The fraction of sp³-hybridized carbons (Fsp3) is 0.300. The van der Waals surface area contributed by atoms with Gasteiger partial charge in [-0.05, 0) is 30.0 Å². The first-order chi connectivity index (χ1) is 13.1. The van der Waals surface area contributed by atoms with Crippen molar-refractivity contribution in [3.05, 3.63) is 63.4 Å². The summed E-state index contributed by atoms with van der Waals surface area (Å²) in [5, 5.41) is 16.4. The number of aryl methyl sites for hydroxylation is 1. The molecule has 3 rings (SSSR count). The summed E-state index contributed by atoms with van der Waals surface area (Å²) in [5.41, 5.74) is 1.15. The van der Waals surface area contributed by atoms with Crippen LogP contribution in [0.4, 0.5) is 0 Å². The van der Waals surface area contributed by atoms with Crippen LogP contribution in [-0.2, 0) is 12.0 Å². The van der Waals surface area contributed by atoms with Crippen molar-refractivity contribution in [2.24, 2.45) is 0 Å². The molecule has 0 aliphatic carbocycles. The Bertz CT molecular complexity index is 1060. The molecule has 1 amide bonds. The highest BCUT2D eigenvalue weighted by Gasteiger charge is 2.17. The fourth-order valence-electron chi connectivity index (χ4n) is 2.64. The van der Waals surface area contributed by atoms with E-state index in [2.05, 4.69) is 41.2 Å². The van der Waals surface area contributed by atoms with E-state index in [-0.39, 0.29) is 35.1 Å². The van der Waals surface area contributed by atoms with Gasteiger partial charge in [-0.2, -0.15) is 0 Å². The molecule has 0 saturated heterocycles. The van der Waals surface area contributed by atoms with Gasteiger partial charge in [0.2, 0.25) is 5.75 Å². The van der Waals surface area contributed by atoms with E-state index in [1.165, 1.54) is 0 Å². The first-order valence-electron chi connectivity index (χ1n) is 8.80. The molecule has 0 unspecified atom stereocenters. The van der Waals surface area contributed by atoms with Crippen LogP contribution in [0.1, 0.15) is 48.3 Å². The zero-order valence-corrected chi connectivity index (χ0v) is 16.2. The Labute approximate surface area is 161 Å². The van der Waals surface area contributed by atoms with Crippen molar-refractivity contribution in [3.63, 3.8) is 0 Å². The minimum Gasteiger partial charge on any atom is -0.501 e. The lowest BCUT2D eigenvalue weighted by Gasteiger charge is -2.19. The average Bonchev–Trinajstić information content (AvgIpc) is 3.07. The minimum atomic E-state index is -0.718. The van der Waals surface area contributed by atoms with Crippen LogP contribution in [0.3, 0.4) is 0 Å². The van der Waals surface area contributed by atoms with E-state index in [4.69, 9.17) is 4.52 Å². The molecule has 8 heteroatoms. The van der Waals surface area contributed by atoms with E-state index < -0.39 is 11.3 Å². The van der Waals surface area contributed by atoms with Crippen LogP contribution in [0.25, 0.3) is 11.4 Å². The van der Waals surface area contributed by atoms with E-state index in [1.807, 2.05) is 12.1 Å². The molecule has 0 saturated carbocycles. The van der Waals surface area contributed by atoms with Crippen LogP contribution >= 0.6 is 0 Å². The molecule has 1 aromatic carbocycles. The molecule has 0 bridgehead atoms. The number of carbonyl (C=O) groups is 1. The molecular weight excluding hydrogens is 360 g/mol. The number of amides is 1. The normalized spacial score (nSPS) is 11.4.